The molecule has 326 valence electrons. The smallest absolute Gasteiger partial charge is 0.437 e. The number of guanidine groups is 2. The highest BCUT2D eigenvalue weighted by Crippen LogP contribution is 2.28. The van der Waals surface area contributed by atoms with Crippen LogP contribution in [0.4, 0.5) is 24.9 Å². The lowest BCUT2D eigenvalue weighted by Crippen LogP contribution is -2.48. The van der Waals surface area contributed by atoms with E-state index in [9.17, 15) is 24.0 Å². The van der Waals surface area contributed by atoms with Crippen molar-refractivity contribution < 1.29 is 42.9 Å². The first-order valence-corrected chi connectivity index (χ1v) is 20.4. The number of anilines is 1. The van der Waals surface area contributed by atoms with E-state index in [-0.39, 0.29) is 17.8 Å². The van der Waals surface area contributed by atoms with E-state index >= 15 is 0 Å². The minimum absolute atomic E-state index is 0.00672. The first-order valence-electron chi connectivity index (χ1n) is 19.6. The average Bonchev–Trinajstić information content (AvgIpc) is 3.59. The van der Waals surface area contributed by atoms with Crippen molar-refractivity contribution in [2.45, 2.75) is 118 Å². The van der Waals surface area contributed by atoms with Gasteiger partial charge in [-0.1, -0.05) is 24.3 Å². The Bertz CT molecular complexity index is 2040. The van der Waals surface area contributed by atoms with E-state index in [2.05, 4.69) is 30.9 Å². The number of alkyl carbamates (subject to hydrolysis) is 2. The minimum Gasteiger partial charge on any atom is -0.444 e. The fourth-order valence-electron chi connectivity index (χ4n) is 5.56. The molecule has 1 aromatic heterocycles. The van der Waals surface area contributed by atoms with E-state index < -0.39 is 46.8 Å². The molecule has 4 rings (SSSR count). The quantitative estimate of drug-likeness (QED) is 0.151. The summed E-state index contributed by atoms with van der Waals surface area (Å²) >= 11 is 1.26. The van der Waals surface area contributed by atoms with E-state index in [1.807, 2.05) is 36.4 Å². The number of aromatic nitrogens is 1. The second-order valence-corrected chi connectivity index (χ2v) is 19.0. The van der Waals surface area contributed by atoms with Gasteiger partial charge in [0.05, 0.1) is 6.20 Å². The van der Waals surface area contributed by atoms with Gasteiger partial charge < -0.3 is 34.1 Å². The number of amides is 5. The monoisotopic (exact) mass is 850 g/mol. The Hall–Kier alpha value is -5.78. The van der Waals surface area contributed by atoms with Gasteiger partial charge in [0, 0.05) is 31.9 Å². The van der Waals surface area contributed by atoms with Crippen molar-refractivity contribution in [3.63, 3.8) is 0 Å². The minimum atomic E-state index is -0.847. The largest absolute Gasteiger partial charge is 0.444 e. The number of aliphatic imine (C=N–C) groups is 2. The van der Waals surface area contributed by atoms with Crippen molar-refractivity contribution in [2.75, 3.05) is 31.5 Å². The number of hydrogen-bond acceptors (Lipinski definition) is 11. The number of thiazole rings is 1. The van der Waals surface area contributed by atoms with Crippen molar-refractivity contribution in [3.05, 3.63) is 58.1 Å². The summed E-state index contributed by atoms with van der Waals surface area (Å²) in [7, 11) is 0. The van der Waals surface area contributed by atoms with Crippen LogP contribution in [0.15, 0.2) is 52.6 Å². The number of carbonyl (C=O) groups excluding carboxylic acids is 5. The van der Waals surface area contributed by atoms with Gasteiger partial charge in [-0.3, -0.25) is 15.4 Å². The van der Waals surface area contributed by atoms with Crippen LogP contribution in [0.25, 0.3) is 11.1 Å². The van der Waals surface area contributed by atoms with Crippen LogP contribution < -0.4 is 16.0 Å². The molecule has 5 amide bonds. The molecule has 0 bridgehead atoms. The molecular weight excluding hydrogens is 793 g/mol. The molecule has 1 aromatic carbocycles. The number of carbonyl (C=O) groups is 5. The second kappa shape index (κ2) is 19.1. The van der Waals surface area contributed by atoms with Crippen LogP contribution in [-0.2, 0) is 18.9 Å². The predicted molar refractivity (Wildman–Crippen MR) is 231 cm³/mol. The summed E-state index contributed by atoms with van der Waals surface area (Å²) in [5.41, 5.74) is 0.474. The van der Waals surface area contributed by atoms with Crippen molar-refractivity contribution in [1.82, 2.24) is 25.4 Å². The van der Waals surface area contributed by atoms with E-state index in [0.717, 1.165) is 16.7 Å². The molecule has 17 nitrogen and oxygen atoms in total. The molecule has 0 unspecified atom stereocenters. The molecule has 60 heavy (non-hydrogen) atoms. The first kappa shape index (κ1) is 46.9. The lowest BCUT2D eigenvalue weighted by Gasteiger charge is -2.30. The molecule has 18 heteroatoms. The van der Waals surface area contributed by atoms with Crippen LogP contribution in [0.2, 0.25) is 0 Å². The zero-order valence-corrected chi connectivity index (χ0v) is 37.4. The van der Waals surface area contributed by atoms with Gasteiger partial charge in [0.25, 0.3) is 5.91 Å². The number of benzene rings is 1. The molecule has 0 aliphatic carbocycles. The third kappa shape index (κ3) is 15.8. The maximum absolute atomic E-state index is 13.3. The summed E-state index contributed by atoms with van der Waals surface area (Å²) in [6, 6.07) is 7.48. The van der Waals surface area contributed by atoms with Crippen molar-refractivity contribution in [3.8, 4) is 0 Å². The van der Waals surface area contributed by atoms with Crippen LogP contribution in [0, 0.1) is 0 Å². The number of nitrogens with zero attached hydrogens (tertiary/aromatic N) is 5. The van der Waals surface area contributed by atoms with E-state index in [4.69, 9.17) is 18.9 Å². The first-order chi connectivity index (χ1) is 27.7. The van der Waals surface area contributed by atoms with Crippen molar-refractivity contribution >= 4 is 70.4 Å². The summed E-state index contributed by atoms with van der Waals surface area (Å²) < 4.78 is 21.5. The van der Waals surface area contributed by atoms with Crippen LogP contribution in [0.3, 0.4) is 0 Å². The van der Waals surface area contributed by atoms with Crippen molar-refractivity contribution in [2.24, 2.45) is 9.98 Å². The third-order valence-electron chi connectivity index (χ3n) is 7.94. The molecule has 2 aliphatic heterocycles. The standard InChI is InChI=1S/C42H58N8O9S/c1-39(2,3)56-35(52)45-33(46-36(53)57-40(4,5)6)49-21-17-27(18-22-49)26-13-15-29(16-14-26)44-31(51)30-25-43-32(60-30)28-19-23-50(24-20-28)34(47-37(54)58-41(7,8)9)48-38(55)59-42(10,11)12/h13-17,19,25H,18,20-24H2,1-12H3,(H,44,51)(H,45,46,52,53)(H,47,48,54,55). The number of nitrogens with one attached hydrogen (secondary N) is 3. The number of hydrogen-bond donors (Lipinski definition) is 3. The Morgan fingerprint density at radius 1 is 0.633 bits per heavy atom. The van der Waals surface area contributed by atoms with Gasteiger partial charge in [-0.2, -0.15) is 0 Å². The van der Waals surface area contributed by atoms with Gasteiger partial charge in [0.1, 0.15) is 32.3 Å². The number of rotatable bonds is 4. The van der Waals surface area contributed by atoms with Gasteiger partial charge >= 0.3 is 24.4 Å². The van der Waals surface area contributed by atoms with Crippen LogP contribution in [0.5, 0.6) is 0 Å². The van der Waals surface area contributed by atoms with Gasteiger partial charge in [-0.15, -0.1) is 21.3 Å². The molecule has 0 saturated carbocycles. The summed E-state index contributed by atoms with van der Waals surface area (Å²) in [5, 5.41) is 8.81. The van der Waals surface area contributed by atoms with Crippen LogP contribution in [-0.4, -0.2) is 106 Å². The van der Waals surface area contributed by atoms with E-state index in [1.54, 1.807) is 92.9 Å². The van der Waals surface area contributed by atoms with E-state index in [1.165, 1.54) is 17.5 Å². The molecule has 0 fully saturated rings. The van der Waals surface area contributed by atoms with Crippen molar-refractivity contribution in [1.29, 1.82) is 0 Å². The zero-order chi connectivity index (χ0) is 44.6. The Balaban J connectivity index is 1.38. The Morgan fingerprint density at radius 2 is 1.07 bits per heavy atom. The van der Waals surface area contributed by atoms with Crippen LogP contribution >= 0.6 is 11.3 Å². The van der Waals surface area contributed by atoms with Crippen LogP contribution in [0.1, 0.15) is 116 Å². The lowest BCUT2D eigenvalue weighted by molar-refractivity contribution is 0.0536. The maximum Gasteiger partial charge on any atom is 0.437 e. The van der Waals surface area contributed by atoms with Gasteiger partial charge in [0.2, 0.25) is 11.9 Å². The fourth-order valence-corrected chi connectivity index (χ4v) is 6.43. The number of ether oxygens (including phenoxy) is 4. The second-order valence-electron chi connectivity index (χ2n) is 18.0. The Kier molecular flexibility index (Phi) is 14.9. The summed E-state index contributed by atoms with van der Waals surface area (Å²) in [5.74, 6) is -0.266. The van der Waals surface area contributed by atoms with Gasteiger partial charge in [-0.05, 0) is 125 Å². The summed E-state index contributed by atoms with van der Waals surface area (Å²) in [6.45, 7) is 22.3. The molecule has 0 radical (unpaired) electrons. The van der Waals surface area contributed by atoms with E-state index in [0.29, 0.717) is 54.6 Å². The topological polar surface area (TPSA) is 202 Å². The molecule has 3 N–H and O–H groups in total. The molecule has 0 saturated heterocycles. The highest BCUT2D eigenvalue weighted by atomic mass is 32.1. The fraction of sp³-hybridized carbons (Fsp3) is 0.524. The highest BCUT2D eigenvalue weighted by molar-refractivity contribution is 7.14. The summed E-state index contributed by atoms with van der Waals surface area (Å²) in [6.07, 6.45) is 3.36. The SMILES string of the molecule is CC(C)(C)OC(=O)N=C(NC(=O)OC(C)(C)C)N1CC=C(c2ccc(NC(=O)c3cnc(C4=CCN(C(=NC(=O)OC(C)(C)C)NC(=O)OC(C)(C)C)CC4)s3)cc2)CC1. The third-order valence-corrected chi connectivity index (χ3v) is 9.01. The Morgan fingerprint density at radius 3 is 1.47 bits per heavy atom. The van der Waals surface area contributed by atoms with Gasteiger partial charge in [0.15, 0.2) is 0 Å². The normalized spacial score (nSPS) is 15.6. The molecule has 2 aromatic rings. The molecule has 0 spiro atoms. The lowest BCUT2D eigenvalue weighted by atomic mass is 9.99. The molecule has 2 aliphatic rings. The molecule has 0 atom stereocenters. The maximum atomic E-state index is 13.3. The molecular formula is C42H58N8O9S. The zero-order valence-electron chi connectivity index (χ0n) is 36.6. The molecule has 3 heterocycles. The Labute approximate surface area is 355 Å². The average molecular weight is 851 g/mol. The predicted octanol–water partition coefficient (Wildman–Crippen LogP) is 8.21. The highest BCUT2D eigenvalue weighted by Gasteiger charge is 2.27. The summed E-state index contributed by atoms with van der Waals surface area (Å²) in [4.78, 5) is 80.1. The van der Waals surface area contributed by atoms with Gasteiger partial charge in [-0.25, -0.2) is 24.2 Å².